The first-order valence-electron chi connectivity index (χ1n) is 5.45. The van der Waals surface area contributed by atoms with Gasteiger partial charge in [-0.15, -0.1) is 13.2 Å². The van der Waals surface area contributed by atoms with E-state index in [1.165, 1.54) is 18.2 Å². The van der Waals surface area contributed by atoms with Crippen molar-refractivity contribution in [3.05, 3.63) is 23.0 Å². The average Bonchev–Trinajstić information content (AvgIpc) is 2.59. The molecule has 1 aromatic heterocycles. The van der Waals surface area contributed by atoms with E-state index in [1.807, 2.05) is 0 Å². The molecule has 0 fully saturated rings. The summed E-state index contributed by atoms with van der Waals surface area (Å²) in [7, 11) is 0. The van der Waals surface area contributed by atoms with E-state index in [4.69, 9.17) is 10.5 Å². The minimum Gasteiger partial charge on any atom is -0.406 e. The van der Waals surface area contributed by atoms with Crippen molar-refractivity contribution in [2.45, 2.75) is 19.3 Å². The maximum absolute atomic E-state index is 12.1. The van der Waals surface area contributed by atoms with E-state index in [2.05, 4.69) is 4.74 Å². The van der Waals surface area contributed by atoms with Gasteiger partial charge in [-0.25, -0.2) is 0 Å². The van der Waals surface area contributed by atoms with Crippen LogP contribution in [0, 0.1) is 5.41 Å². The first kappa shape index (κ1) is 13.9. The SMILES string of the molecule is N=c1sc2cc(OC(F)(F)F)ccc2n1CCCO. The van der Waals surface area contributed by atoms with E-state index in [-0.39, 0.29) is 17.2 Å². The van der Waals surface area contributed by atoms with Crippen molar-refractivity contribution >= 4 is 21.6 Å². The van der Waals surface area contributed by atoms with Gasteiger partial charge in [-0.3, -0.25) is 5.41 Å². The lowest BCUT2D eigenvalue weighted by molar-refractivity contribution is -0.274. The topological polar surface area (TPSA) is 58.2 Å². The molecule has 104 valence electrons. The van der Waals surface area contributed by atoms with Crippen LogP contribution in [0.25, 0.3) is 10.2 Å². The molecule has 0 radical (unpaired) electrons. The van der Waals surface area contributed by atoms with Crippen molar-refractivity contribution in [1.29, 1.82) is 5.41 Å². The molecule has 0 atom stereocenters. The third-order valence-corrected chi connectivity index (χ3v) is 3.41. The summed E-state index contributed by atoms with van der Waals surface area (Å²) in [6, 6.07) is 3.97. The molecular weight excluding hydrogens is 281 g/mol. The first-order chi connectivity index (χ1) is 8.90. The first-order valence-corrected chi connectivity index (χ1v) is 6.27. The second-order valence-electron chi connectivity index (χ2n) is 3.81. The normalized spacial score (nSPS) is 12.0. The molecule has 2 N–H and O–H groups in total. The van der Waals surface area contributed by atoms with Crippen LogP contribution in [0.15, 0.2) is 18.2 Å². The van der Waals surface area contributed by atoms with Crippen molar-refractivity contribution in [2.75, 3.05) is 6.61 Å². The highest BCUT2D eigenvalue weighted by molar-refractivity contribution is 7.16. The smallest absolute Gasteiger partial charge is 0.406 e. The Balaban J connectivity index is 2.37. The molecule has 0 spiro atoms. The predicted octanol–water partition coefficient (Wildman–Crippen LogP) is 2.46. The lowest BCUT2D eigenvalue weighted by Gasteiger charge is -2.09. The fourth-order valence-corrected chi connectivity index (χ4v) is 2.68. The number of benzene rings is 1. The van der Waals surface area contributed by atoms with Crippen LogP contribution in [0.1, 0.15) is 6.42 Å². The molecule has 0 aliphatic rings. The van der Waals surface area contributed by atoms with Gasteiger partial charge in [-0.2, -0.15) is 0 Å². The molecule has 0 amide bonds. The average molecular weight is 292 g/mol. The van der Waals surface area contributed by atoms with E-state index in [9.17, 15) is 13.2 Å². The van der Waals surface area contributed by atoms with Crippen LogP contribution in [-0.4, -0.2) is 22.6 Å². The van der Waals surface area contributed by atoms with Gasteiger partial charge >= 0.3 is 6.36 Å². The van der Waals surface area contributed by atoms with Crippen molar-refractivity contribution in [1.82, 2.24) is 4.57 Å². The molecular formula is C11H11F3N2O2S. The fraction of sp³-hybridized carbons (Fsp3) is 0.364. The number of halogens is 3. The molecule has 0 saturated carbocycles. The number of nitrogens with one attached hydrogen (secondary N) is 1. The Morgan fingerprint density at radius 2 is 2.11 bits per heavy atom. The number of hydrogen-bond donors (Lipinski definition) is 2. The summed E-state index contributed by atoms with van der Waals surface area (Å²) >= 11 is 1.07. The maximum Gasteiger partial charge on any atom is 0.573 e. The van der Waals surface area contributed by atoms with Crippen LogP contribution in [0.3, 0.4) is 0 Å². The number of ether oxygens (including phenoxy) is 1. The van der Waals surface area contributed by atoms with Gasteiger partial charge in [0.05, 0.1) is 10.2 Å². The summed E-state index contributed by atoms with van der Waals surface area (Å²) in [5, 5.41) is 16.5. The Labute approximate surface area is 110 Å². The second-order valence-corrected chi connectivity index (χ2v) is 4.84. The molecule has 8 heteroatoms. The Morgan fingerprint density at radius 3 is 2.74 bits per heavy atom. The van der Waals surface area contributed by atoms with E-state index in [1.54, 1.807) is 4.57 Å². The van der Waals surface area contributed by atoms with Gasteiger partial charge in [-0.1, -0.05) is 11.3 Å². The highest BCUT2D eigenvalue weighted by atomic mass is 32.1. The lowest BCUT2D eigenvalue weighted by atomic mass is 10.3. The number of thiazole rings is 1. The summed E-state index contributed by atoms with van der Waals surface area (Å²) in [6.07, 6.45) is -4.23. The summed E-state index contributed by atoms with van der Waals surface area (Å²) in [4.78, 5) is 0.229. The summed E-state index contributed by atoms with van der Waals surface area (Å²) < 4.78 is 42.3. The standard InChI is InChI=1S/C11H11F3N2O2S/c12-11(13,14)18-7-2-3-8-9(6-7)19-10(15)16(8)4-1-5-17/h2-3,6,15,17H,1,4-5H2. The number of aliphatic hydroxyl groups excluding tert-OH is 1. The summed E-state index contributed by atoms with van der Waals surface area (Å²) in [6.45, 7) is 0.452. The summed E-state index contributed by atoms with van der Waals surface area (Å²) in [5.74, 6) is -0.296. The van der Waals surface area contributed by atoms with Gasteiger partial charge in [0.1, 0.15) is 5.75 Å². The van der Waals surface area contributed by atoms with Gasteiger partial charge in [0.2, 0.25) is 0 Å². The van der Waals surface area contributed by atoms with Gasteiger partial charge in [0.25, 0.3) is 0 Å². The zero-order valence-corrected chi connectivity index (χ0v) is 10.5. The molecule has 0 saturated heterocycles. The molecule has 2 aromatic rings. The highest BCUT2D eigenvalue weighted by Crippen LogP contribution is 2.27. The van der Waals surface area contributed by atoms with E-state index >= 15 is 0 Å². The molecule has 2 rings (SSSR count). The van der Waals surface area contributed by atoms with E-state index in [0.717, 1.165) is 11.3 Å². The Hall–Kier alpha value is -1.54. The molecule has 4 nitrogen and oxygen atoms in total. The van der Waals surface area contributed by atoms with E-state index < -0.39 is 6.36 Å². The minimum absolute atomic E-state index is 0.000944. The van der Waals surface area contributed by atoms with Gasteiger partial charge in [0, 0.05) is 13.2 Å². The van der Waals surface area contributed by atoms with Crippen LogP contribution in [0.4, 0.5) is 13.2 Å². The highest BCUT2D eigenvalue weighted by Gasteiger charge is 2.31. The van der Waals surface area contributed by atoms with Crippen molar-refractivity contribution in [2.24, 2.45) is 0 Å². The Bertz CT molecular complexity index is 633. The van der Waals surface area contributed by atoms with Crippen molar-refractivity contribution in [3.63, 3.8) is 0 Å². The largest absolute Gasteiger partial charge is 0.573 e. The summed E-state index contributed by atoms with van der Waals surface area (Å²) in [5.41, 5.74) is 0.665. The third-order valence-electron chi connectivity index (χ3n) is 2.45. The monoisotopic (exact) mass is 292 g/mol. The molecule has 0 unspecified atom stereocenters. The van der Waals surface area contributed by atoms with Gasteiger partial charge in [0.15, 0.2) is 4.80 Å². The number of hydrogen-bond acceptors (Lipinski definition) is 4. The van der Waals surface area contributed by atoms with Crippen LogP contribution in [0.5, 0.6) is 5.75 Å². The maximum atomic E-state index is 12.1. The van der Waals surface area contributed by atoms with Gasteiger partial charge < -0.3 is 14.4 Å². The number of aliphatic hydroxyl groups is 1. The number of fused-ring (bicyclic) bond motifs is 1. The number of aryl methyl sites for hydroxylation is 1. The molecule has 0 aliphatic carbocycles. The molecule has 1 aromatic carbocycles. The molecule has 0 aliphatic heterocycles. The number of nitrogens with zero attached hydrogens (tertiary/aromatic N) is 1. The zero-order chi connectivity index (χ0) is 14.0. The van der Waals surface area contributed by atoms with E-state index in [0.29, 0.717) is 23.2 Å². The Morgan fingerprint density at radius 1 is 1.37 bits per heavy atom. The van der Waals surface area contributed by atoms with Gasteiger partial charge in [-0.05, 0) is 24.6 Å². The van der Waals surface area contributed by atoms with Crippen molar-refractivity contribution in [3.8, 4) is 5.75 Å². The van der Waals surface area contributed by atoms with Crippen LogP contribution >= 0.6 is 11.3 Å². The number of rotatable bonds is 4. The minimum atomic E-state index is -4.72. The van der Waals surface area contributed by atoms with Crippen LogP contribution in [-0.2, 0) is 6.54 Å². The third kappa shape index (κ3) is 3.27. The Kier molecular flexibility index (Phi) is 3.81. The number of alkyl halides is 3. The molecule has 1 heterocycles. The van der Waals surface area contributed by atoms with Crippen LogP contribution in [0.2, 0.25) is 0 Å². The number of aromatic nitrogens is 1. The lowest BCUT2D eigenvalue weighted by Crippen LogP contribution is -2.17. The quantitative estimate of drug-likeness (QED) is 0.909. The molecule has 19 heavy (non-hydrogen) atoms. The fourth-order valence-electron chi connectivity index (χ4n) is 1.72. The molecule has 0 bridgehead atoms. The predicted molar refractivity (Wildman–Crippen MR) is 64.1 cm³/mol. The van der Waals surface area contributed by atoms with Crippen molar-refractivity contribution < 1.29 is 23.0 Å². The van der Waals surface area contributed by atoms with Crippen LogP contribution < -0.4 is 9.54 Å². The second kappa shape index (κ2) is 5.22. The zero-order valence-electron chi connectivity index (χ0n) is 9.70.